The van der Waals surface area contributed by atoms with Crippen LogP contribution in [0.2, 0.25) is 0 Å². The highest BCUT2D eigenvalue weighted by atomic mass is 35.6. The summed E-state index contributed by atoms with van der Waals surface area (Å²) in [7, 11) is 0. The van der Waals surface area contributed by atoms with Gasteiger partial charge in [-0.1, -0.05) is 132 Å². The molecule has 2 aromatic carbocycles. The summed E-state index contributed by atoms with van der Waals surface area (Å²) < 4.78 is 48.0. The second-order valence-corrected chi connectivity index (χ2v) is 25.1. The fraction of sp³-hybridized carbons (Fsp3) is 0.571. The Bertz CT molecular complexity index is 2510. The number of benzene rings is 2. The molecule has 0 unspecified atom stereocenters. The molecule has 1 aliphatic heterocycles. The Labute approximate surface area is 455 Å². The number of ketones is 1. The lowest BCUT2D eigenvalue weighted by atomic mass is 9.44. The number of aliphatic hydroxyl groups excluding tert-OH is 1. The molecule has 19 nitrogen and oxygen atoms in total. The van der Waals surface area contributed by atoms with Gasteiger partial charge in [0.05, 0.1) is 23.5 Å². The number of carbonyl (C=O) groups is 7. The number of rotatable bonds is 12. The highest BCUT2D eigenvalue weighted by molar-refractivity contribution is 6.68. The Morgan fingerprint density at radius 3 is 1.89 bits per heavy atom. The molecule has 2 aromatic rings. The topological polar surface area (TPSA) is 255 Å². The fourth-order valence-corrected chi connectivity index (χ4v) is 10.6. The summed E-state index contributed by atoms with van der Waals surface area (Å²) in [5.41, 5.74) is -10.4. The molecule has 6 rings (SSSR count). The summed E-state index contributed by atoms with van der Waals surface area (Å²) in [6.45, 7) is 9.00. The van der Waals surface area contributed by atoms with Crippen molar-refractivity contribution < 1.29 is 86.4 Å². The Morgan fingerprint density at radius 2 is 1.38 bits per heavy atom. The zero-order valence-electron chi connectivity index (χ0n) is 41.1. The second-order valence-electron chi connectivity index (χ2n) is 20.1. The maximum atomic E-state index is 16.3. The standard InChI is InChI=1S/C49H55Cl6NO18/c1-24-28(69-39(61)32(56-40(62)74-43(3,4)5)33(58)26-15-11-9-12-16-26)20-47(65)37(72-38(60)27-17-13-10-14-18-27)35-45(8,36(59)34(31(24)44(47,6)7)71-42(64)68-23-49(53,54)55)29(70-41(63)67-22-48(50,51)52)19-30-46(35,21-66-30)73-25(2)57/h9-18,28-30,32-35,37,58,65H,19-23H2,1-8H3,(H,56,62)/t28-,29-,30+,32+,33-,34+,35-,37-,45+,46-,47+/m0/s1. The molecule has 4 aliphatic rings. The first-order chi connectivity index (χ1) is 34.1. The van der Waals surface area contributed by atoms with Gasteiger partial charge in [0, 0.05) is 25.2 Å². The van der Waals surface area contributed by atoms with Gasteiger partial charge in [-0.3, -0.25) is 9.59 Å². The number of hydrogen-bond donors (Lipinski definition) is 3. The molecule has 2 saturated carbocycles. The first-order valence-corrected chi connectivity index (χ1v) is 25.2. The van der Waals surface area contributed by atoms with Crippen molar-refractivity contribution in [3.8, 4) is 0 Å². The van der Waals surface area contributed by atoms with Crippen molar-refractivity contribution in [3.63, 3.8) is 0 Å². The largest absolute Gasteiger partial charge is 0.509 e. The number of carbonyl (C=O) groups excluding carboxylic acids is 7. The summed E-state index contributed by atoms with van der Waals surface area (Å²) >= 11 is 35.4. The minimum atomic E-state index is -2.66. The number of nitrogens with one attached hydrogen (secondary N) is 1. The van der Waals surface area contributed by atoms with Crippen molar-refractivity contribution in [1.29, 1.82) is 0 Å². The first-order valence-electron chi connectivity index (χ1n) is 22.9. The van der Waals surface area contributed by atoms with E-state index >= 15 is 4.79 Å². The van der Waals surface area contributed by atoms with E-state index in [9.17, 15) is 39.0 Å². The quantitative estimate of drug-likeness (QED) is 0.0781. The lowest BCUT2D eigenvalue weighted by molar-refractivity contribution is -0.346. The van der Waals surface area contributed by atoms with Gasteiger partial charge in [-0.25, -0.2) is 24.0 Å². The molecule has 3 N–H and O–H groups in total. The number of fused-ring (bicyclic) bond motifs is 5. The Balaban J connectivity index is 1.63. The highest BCUT2D eigenvalue weighted by Crippen LogP contribution is 2.65. The molecule has 1 amide bonds. The van der Waals surface area contributed by atoms with E-state index in [-0.39, 0.29) is 22.3 Å². The number of ether oxygens (including phenoxy) is 9. The monoisotopic (exact) mass is 1160 g/mol. The average molecular weight is 1160 g/mol. The Morgan fingerprint density at radius 1 is 0.824 bits per heavy atom. The number of amides is 1. The van der Waals surface area contributed by atoms with E-state index in [0.717, 1.165) is 6.92 Å². The highest BCUT2D eigenvalue weighted by Gasteiger charge is 2.79. The Kier molecular flexibility index (Phi) is 17.5. The Hall–Kier alpha value is -4.31. The molecule has 1 heterocycles. The second kappa shape index (κ2) is 22.0. The first kappa shape index (κ1) is 58.9. The molecule has 3 fully saturated rings. The summed E-state index contributed by atoms with van der Waals surface area (Å²) in [5, 5.41) is 28.2. The number of aliphatic hydroxyl groups is 2. The SMILES string of the molecule is CC(=O)O[C@@]12CO[C@@H]1C[C@H](OC(=O)OCC(Cl)(Cl)Cl)[C@@]1(C)C(=O)[C@H](OC(=O)OCC(Cl)(Cl)Cl)C3=C(C)[C@@H](OC(=O)[C@H](NC(=O)OC(C)(C)C)[C@@H](O)c4ccccc4)C[C@@](O)([C@@H](OC(=O)c4ccccc4)[C@H]21)C3(C)C. The molecular weight excluding hydrogens is 1100 g/mol. The number of esters is 3. The van der Waals surface area contributed by atoms with Crippen molar-refractivity contribution in [2.24, 2.45) is 16.7 Å². The molecule has 11 atom stereocenters. The summed E-state index contributed by atoms with van der Waals surface area (Å²) in [5.74, 6) is -6.31. The average Bonchev–Trinajstić information content (AvgIpc) is 3.29. The third-order valence-electron chi connectivity index (χ3n) is 13.7. The molecule has 1 saturated heterocycles. The zero-order valence-corrected chi connectivity index (χ0v) is 45.7. The zero-order chi connectivity index (χ0) is 55.1. The van der Waals surface area contributed by atoms with Crippen molar-refractivity contribution in [1.82, 2.24) is 5.32 Å². The maximum absolute atomic E-state index is 16.3. The van der Waals surface area contributed by atoms with Crippen LogP contribution in [0.4, 0.5) is 14.4 Å². The molecule has 25 heteroatoms. The van der Waals surface area contributed by atoms with Crippen LogP contribution in [0.5, 0.6) is 0 Å². The number of halogens is 6. The molecule has 74 heavy (non-hydrogen) atoms. The van der Waals surface area contributed by atoms with Gasteiger partial charge in [0.2, 0.25) is 7.59 Å². The van der Waals surface area contributed by atoms with Gasteiger partial charge in [-0.15, -0.1) is 0 Å². The van der Waals surface area contributed by atoms with E-state index in [0.29, 0.717) is 0 Å². The van der Waals surface area contributed by atoms with Gasteiger partial charge in [0.25, 0.3) is 0 Å². The van der Waals surface area contributed by atoms with E-state index in [1.54, 1.807) is 45.0 Å². The van der Waals surface area contributed by atoms with Gasteiger partial charge in [-0.2, -0.15) is 0 Å². The van der Waals surface area contributed by atoms with Crippen LogP contribution in [0, 0.1) is 16.7 Å². The van der Waals surface area contributed by atoms with Crippen molar-refractivity contribution in [2.45, 2.75) is 135 Å². The normalized spacial score (nSPS) is 29.2. The van der Waals surface area contributed by atoms with Crippen molar-refractivity contribution >= 4 is 112 Å². The van der Waals surface area contributed by atoms with E-state index in [1.807, 2.05) is 0 Å². The number of Topliss-reactive ketones (excluding diaryl/α,β-unsaturated/α-hetero) is 1. The fourth-order valence-electron chi connectivity index (χ4n) is 10.3. The summed E-state index contributed by atoms with van der Waals surface area (Å²) in [6.07, 6.45) is -16.3. The molecular formula is C49H55Cl6NO18. The molecule has 2 bridgehead atoms. The third-order valence-corrected chi connectivity index (χ3v) is 14.3. The van der Waals surface area contributed by atoms with Gasteiger partial charge in [0.1, 0.15) is 54.9 Å². The molecule has 0 aromatic heterocycles. The van der Waals surface area contributed by atoms with Crippen LogP contribution in [0.3, 0.4) is 0 Å². The third kappa shape index (κ3) is 12.4. The van der Waals surface area contributed by atoms with Crippen molar-refractivity contribution in [3.05, 3.63) is 82.9 Å². The van der Waals surface area contributed by atoms with Crippen LogP contribution in [-0.4, -0.2) is 133 Å². The van der Waals surface area contributed by atoms with E-state index in [4.69, 9.17) is 112 Å². The van der Waals surface area contributed by atoms with E-state index in [2.05, 4.69) is 5.32 Å². The van der Waals surface area contributed by atoms with Crippen molar-refractivity contribution in [2.75, 3.05) is 19.8 Å². The van der Waals surface area contributed by atoms with Crippen LogP contribution >= 0.6 is 69.6 Å². The number of alkyl halides is 6. The van der Waals surface area contributed by atoms with Crippen LogP contribution in [-0.2, 0) is 57.0 Å². The molecule has 0 spiro atoms. The number of alkyl carbamates (subject to hydrolysis) is 1. The minimum Gasteiger partial charge on any atom is -0.456 e. The molecule has 0 radical (unpaired) electrons. The smallest absolute Gasteiger partial charge is 0.456 e. The minimum absolute atomic E-state index is 0.0455. The van der Waals surface area contributed by atoms with E-state index < -0.39 is 159 Å². The van der Waals surface area contributed by atoms with Crippen LogP contribution in [0.25, 0.3) is 0 Å². The lowest BCUT2D eigenvalue weighted by Gasteiger charge is -2.67. The van der Waals surface area contributed by atoms with E-state index in [1.165, 1.54) is 64.1 Å². The van der Waals surface area contributed by atoms with Gasteiger partial charge in [-0.05, 0) is 63.5 Å². The predicted molar refractivity (Wildman–Crippen MR) is 265 cm³/mol. The van der Waals surface area contributed by atoms with Crippen LogP contribution in [0.1, 0.15) is 90.3 Å². The molecule has 3 aliphatic carbocycles. The summed E-state index contributed by atoms with van der Waals surface area (Å²) in [4.78, 5) is 99.9. The molecule has 406 valence electrons. The van der Waals surface area contributed by atoms with Crippen LogP contribution < -0.4 is 5.32 Å². The lowest BCUT2D eigenvalue weighted by Crippen LogP contribution is -2.82. The number of hydrogen-bond acceptors (Lipinski definition) is 18. The van der Waals surface area contributed by atoms with Gasteiger partial charge >= 0.3 is 36.3 Å². The van der Waals surface area contributed by atoms with Gasteiger partial charge < -0.3 is 58.2 Å². The summed E-state index contributed by atoms with van der Waals surface area (Å²) in [6, 6.07) is 13.3. The maximum Gasteiger partial charge on any atom is 0.509 e. The van der Waals surface area contributed by atoms with Crippen LogP contribution in [0.15, 0.2) is 71.8 Å². The van der Waals surface area contributed by atoms with Gasteiger partial charge in [0.15, 0.2) is 23.5 Å². The predicted octanol–water partition coefficient (Wildman–Crippen LogP) is 8.32.